The van der Waals surface area contributed by atoms with Gasteiger partial charge >= 0.3 is 0 Å². The number of Topliss-reactive ketones (excluding diaryl/α,β-unsaturated/α-hetero) is 1. The Kier molecular flexibility index (Phi) is 8.06. The van der Waals surface area contributed by atoms with Crippen molar-refractivity contribution in [3.05, 3.63) is 60.4 Å². The number of hydrogen-bond donors (Lipinski definition) is 2. The third-order valence-electron chi connectivity index (χ3n) is 6.07. The topological polar surface area (TPSA) is 132 Å². The standard InChI is InChI=1S/C26H30N6O4/c1-2-3-9-22(23(33)24(27)34)29-26(35)20-8-5-11-28-25(20)32-12-10-21(30-32)18-6-4-7-19(17-18)31-13-15-36-16-14-31/h4-8,10-12,17,22H,2-3,9,13-16H2,1H3,(H2,27,34)(H,29,35). The van der Waals surface area contributed by atoms with Crippen LogP contribution in [0.4, 0.5) is 5.69 Å². The van der Waals surface area contributed by atoms with E-state index in [0.717, 1.165) is 36.5 Å². The number of nitrogens with two attached hydrogens (primary N) is 1. The van der Waals surface area contributed by atoms with Gasteiger partial charge in [0.1, 0.15) is 0 Å². The molecular weight excluding hydrogens is 460 g/mol. The fraction of sp³-hybridized carbons (Fsp3) is 0.346. The number of ketones is 1. The lowest BCUT2D eigenvalue weighted by Crippen LogP contribution is -2.46. The van der Waals surface area contributed by atoms with Crippen LogP contribution in [0.15, 0.2) is 54.9 Å². The van der Waals surface area contributed by atoms with Gasteiger partial charge in [0, 0.05) is 36.7 Å². The van der Waals surface area contributed by atoms with Crippen LogP contribution in [0, 0.1) is 0 Å². The highest BCUT2D eigenvalue weighted by Crippen LogP contribution is 2.25. The first-order valence-electron chi connectivity index (χ1n) is 12.1. The summed E-state index contributed by atoms with van der Waals surface area (Å²) in [5.41, 5.74) is 8.18. The third-order valence-corrected chi connectivity index (χ3v) is 6.07. The summed E-state index contributed by atoms with van der Waals surface area (Å²) in [6, 6.07) is 12.2. The molecule has 1 fully saturated rings. The number of morpholine rings is 1. The average molecular weight is 491 g/mol. The van der Waals surface area contributed by atoms with E-state index in [1.165, 1.54) is 4.68 Å². The molecule has 1 saturated heterocycles. The molecule has 0 aliphatic carbocycles. The number of unbranched alkanes of at least 4 members (excludes halogenated alkanes) is 1. The predicted octanol–water partition coefficient (Wildman–Crippen LogP) is 2.11. The summed E-state index contributed by atoms with van der Waals surface area (Å²) in [5, 5.41) is 7.32. The van der Waals surface area contributed by atoms with Crippen molar-refractivity contribution >= 4 is 23.3 Å². The number of rotatable bonds is 10. The molecule has 3 aromatic rings. The molecule has 1 aliphatic heterocycles. The SMILES string of the molecule is CCCCC(NC(=O)c1cccnc1-n1ccc(-c2cccc(N3CCOCC3)c2)n1)C(=O)C(N)=O. The van der Waals surface area contributed by atoms with Gasteiger partial charge in [-0.25, -0.2) is 9.67 Å². The lowest BCUT2D eigenvalue weighted by molar-refractivity contribution is -0.137. The number of carbonyl (C=O) groups is 3. The zero-order valence-electron chi connectivity index (χ0n) is 20.2. The van der Waals surface area contributed by atoms with E-state index >= 15 is 0 Å². The first-order valence-corrected chi connectivity index (χ1v) is 12.1. The van der Waals surface area contributed by atoms with E-state index < -0.39 is 23.6 Å². The van der Waals surface area contributed by atoms with Gasteiger partial charge in [-0.1, -0.05) is 31.9 Å². The highest BCUT2D eigenvalue weighted by Gasteiger charge is 2.26. The van der Waals surface area contributed by atoms with Crippen LogP contribution in [0.2, 0.25) is 0 Å². The molecular formula is C26H30N6O4. The lowest BCUT2D eigenvalue weighted by Gasteiger charge is -2.29. The van der Waals surface area contributed by atoms with Gasteiger partial charge in [0.2, 0.25) is 5.78 Å². The lowest BCUT2D eigenvalue weighted by atomic mass is 10.0. The predicted molar refractivity (Wildman–Crippen MR) is 135 cm³/mol. The van der Waals surface area contributed by atoms with Crippen LogP contribution in [0.1, 0.15) is 36.5 Å². The maximum absolute atomic E-state index is 13.1. The fourth-order valence-corrected chi connectivity index (χ4v) is 4.12. The van der Waals surface area contributed by atoms with E-state index in [1.54, 1.807) is 24.5 Å². The van der Waals surface area contributed by atoms with E-state index in [4.69, 9.17) is 10.5 Å². The van der Waals surface area contributed by atoms with Crippen LogP contribution >= 0.6 is 0 Å². The van der Waals surface area contributed by atoms with Crippen molar-refractivity contribution in [1.82, 2.24) is 20.1 Å². The van der Waals surface area contributed by atoms with Gasteiger partial charge in [0.25, 0.3) is 11.8 Å². The number of hydrogen-bond acceptors (Lipinski definition) is 7. The Bertz CT molecular complexity index is 1230. The summed E-state index contributed by atoms with van der Waals surface area (Å²) < 4.78 is 6.98. The zero-order valence-corrected chi connectivity index (χ0v) is 20.2. The molecule has 0 radical (unpaired) electrons. The molecule has 1 unspecified atom stereocenters. The first kappa shape index (κ1) is 25.1. The maximum Gasteiger partial charge on any atom is 0.287 e. The number of primary amides is 1. The van der Waals surface area contributed by atoms with Crippen LogP contribution in [-0.2, 0) is 14.3 Å². The number of ether oxygens (including phenoxy) is 1. The molecule has 36 heavy (non-hydrogen) atoms. The van der Waals surface area contributed by atoms with E-state index in [-0.39, 0.29) is 5.56 Å². The number of nitrogens with zero attached hydrogens (tertiary/aromatic N) is 4. The van der Waals surface area contributed by atoms with Crippen LogP contribution in [-0.4, -0.2) is 64.7 Å². The second-order valence-corrected chi connectivity index (χ2v) is 8.57. The quantitative estimate of drug-likeness (QED) is 0.416. The smallest absolute Gasteiger partial charge is 0.287 e. The summed E-state index contributed by atoms with van der Waals surface area (Å²) in [4.78, 5) is 43.5. The largest absolute Gasteiger partial charge is 0.378 e. The average Bonchev–Trinajstić information content (AvgIpc) is 3.41. The van der Waals surface area contributed by atoms with Crippen LogP contribution in [0.3, 0.4) is 0 Å². The molecule has 188 valence electrons. The summed E-state index contributed by atoms with van der Waals surface area (Å²) in [6.45, 7) is 5.03. The minimum Gasteiger partial charge on any atom is -0.378 e. The Hall–Kier alpha value is -4.05. The normalized spacial score (nSPS) is 14.3. The van der Waals surface area contributed by atoms with Gasteiger partial charge in [0.15, 0.2) is 5.82 Å². The number of pyridine rings is 1. The summed E-state index contributed by atoms with van der Waals surface area (Å²) in [7, 11) is 0. The van der Waals surface area contributed by atoms with Crippen molar-refractivity contribution in [2.45, 2.75) is 32.2 Å². The summed E-state index contributed by atoms with van der Waals surface area (Å²) >= 11 is 0. The Labute approximate surface area is 209 Å². The molecule has 0 spiro atoms. The van der Waals surface area contributed by atoms with E-state index in [0.29, 0.717) is 31.9 Å². The minimum atomic E-state index is -1.07. The molecule has 3 heterocycles. The van der Waals surface area contributed by atoms with Gasteiger partial charge < -0.3 is 20.7 Å². The van der Waals surface area contributed by atoms with Gasteiger partial charge in [-0.2, -0.15) is 5.10 Å². The minimum absolute atomic E-state index is 0.230. The second-order valence-electron chi connectivity index (χ2n) is 8.57. The number of benzene rings is 1. The molecule has 0 saturated carbocycles. The van der Waals surface area contributed by atoms with Crippen molar-refractivity contribution in [2.24, 2.45) is 5.73 Å². The Morgan fingerprint density at radius 2 is 1.94 bits per heavy atom. The van der Waals surface area contributed by atoms with Crippen LogP contribution < -0.4 is 16.0 Å². The van der Waals surface area contributed by atoms with Crippen LogP contribution in [0.5, 0.6) is 0 Å². The molecule has 0 bridgehead atoms. The van der Waals surface area contributed by atoms with E-state index in [2.05, 4.69) is 32.4 Å². The molecule has 10 heteroatoms. The molecule has 2 amide bonds. The third kappa shape index (κ3) is 5.77. The van der Waals surface area contributed by atoms with Gasteiger partial charge in [-0.05, 0) is 36.8 Å². The molecule has 10 nitrogen and oxygen atoms in total. The number of anilines is 1. The zero-order chi connectivity index (χ0) is 25.5. The summed E-state index contributed by atoms with van der Waals surface area (Å²) in [5.74, 6) is -2.10. The Morgan fingerprint density at radius 1 is 1.14 bits per heavy atom. The van der Waals surface area contributed by atoms with Gasteiger partial charge in [0.05, 0.1) is 30.5 Å². The second kappa shape index (κ2) is 11.6. The molecule has 4 rings (SSSR count). The Balaban J connectivity index is 1.57. The molecule has 1 aromatic carbocycles. The number of carbonyl (C=O) groups excluding carboxylic acids is 3. The van der Waals surface area contributed by atoms with Gasteiger partial charge in [-0.3, -0.25) is 14.4 Å². The molecule has 1 aliphatic rings. The monoisotopic (exact) mass is 490 g/mol. The fourth-order valence-electron chi connectivity index (χ4n) is 4.12. The van der Waals surface area contributed by atoms with Gasteiger partial charge in [-0.15, -0.1) is 0 Å². The van der Waals surface area contributed by atoms with E-state index in [9.17, 15) is 14.4 Å². The van der Waals surface area contributed by atoms with Crippen molar-refractivity contribution < 1.29 is 19.1 Å². The molecule has 2 aromatic heterocycles. The number of nitrogens with one attached hydrogen (secondary N) is 1. The van der Waals surface area contributed by atoms with E-state index in [1.807, 2.05) is 25.1 Å². The van der Waals surface area contributed by atoms with Crippen molar-refractivity contribution in [3.63, 3.8) is 0 Å². The molecule has 1 atom stereocenters. The Morgan fingerprint density at radius 3 is 2.69 bits per heavy atom. The number of amides is 2. The van der Waals surface area contributed by atoms with Crippen molar-refractivity contribution in [2.75, 3.05) is 31.2 Å². The highest BCUT2D eigenvalue weighted by molar-refractivity contribution is 6.38. The maximum atomic E-state index is 13.1. The molecule has 3 N–H and O–H groups in total. The first-order chi connectivity index (χ1) is 17.5. The van der Waals surface area contributed by atoms with Crippen molar-refractivity contribution in [1.29, 1.82) is 0 Å². The summed E-state index contributed by atoms with van der Waals surface area (Å²) in [6.07, 6.45) is 5.09. The number of aromatic nitrogens is 3. The van der Waals surface area contributed by atoms with Crippen LogP contribution in [0.25, 0.3) is 17.1 Å². The highest BCUT2D eigenvalue weighted by atomic mass is 16.5. The van der Waals surface area contributed by atoms with Crippen molar-refractivity contribution in [3.8, 4) is 17.1 Å².